The van der Waals surface area contributed by atoms with Gasteiger partial charge >= 0.3 is 6.09 Å². The molecule has 3 aliphatic heterocycles. The maximum atomic E-state index is 14.3. The van der Waals surface area contributed by atoms with E-state index in [4.69, 9.17) is 28.9 Å². The van der Waals surface area contributed by atoms with Gasteiger partial charge in [-0.25, -0.2) is 19.8 Å². The first kappa shape index (κ1) is 34.5. The highest BCUT2D eigenvalue weighted by Gasteiger charge is 2.40. The number of aryl methyl sites for hydroxylation is 1. The number of amides is 2. The highest BCUT2D eigenvalue weighted by molar-refractivity contribution is 5.83. The van der Waals surface area contributed by atoms with Gasteiger partial charge < -0.3 is 29.2 Å². The van der Waals surface area contributed by atoms with Crippen LogP contribution in [0.15, 0.2) is 18.2 Å². The van der Waals surface area contributed by atoms with Crippen molar-refractivity contribution >= 4 is 17.8 Å². The summed E-state index contributed by atoms with van der Waals surface area (Å²) >= 11 is 0. The summed E-state index contributed by atoms with van der Waals surface area (Å²) in [5.41, 5.74) is 5.92. The van der Waals surface area contributed by atoms with Crippen molar-refractivity contribution in [3.05, 3.63) is 52.0 Å². The number of piperazine rings is 1. The molecular weight excluding hydrogens is 604 g/mol. The van der Waals surface area contributed by atoms with E-state index in [1.165, 1.54) is 0 Å². The van der Waals surface area contributed by atoms with Crippen molar-refractivity contribution in [1.82, 2.24) is 30.2 Å². The highest BCUT2D eigenvalue weighted by atomic mass is 16.7. The number of carbonyl (C=O) groups is 2. The molecule has 1 aromatic carbocycles. The van der Waals surface area contributed by atoms with Gasteiger partial charge in [0.2, 0.25) is 0 Å². The van der Waals surface area contributed by atoms with Crippen molar-refractivity contribution in [2.45, 2.75) is 65.5 Å². The Labute approximate surface area is 276 Å². The molecule has 14 heteroatoms. The smallest absolute Gasteiger partial charge is 0.410 e. The molecule has 3 aliphatic rings. The Balaban J connectivity index is 1.52. The lowest BCUT2D eigenvalue weighted by molar-refractivity contribution is -0.134. The summed E-state index contributed by atoms with van der Waals surface area (Å²) in [6.07, 6.45) is -1.18. The molecule has 0 spiro atoms. The Morgan fingerprint density at radius 1 is 1.02 bits per heavy atom. The van der Waals surface area contributed by atoms with Crippen molar-refractivity contribution in [3.8, 4) is 6.07 Å². The van der Waals surface area contributed by atoms with E-state index in [1.807, 2.05) is 56.7 Å². The summed E-state index contributed by atoms with van der Waals surface area (Å²) < 4.78 is 23.2. The van der Waals surface area contributed by atoms with Crippen LogP contribution in [0.2, 0.25) is 0 Å². The minimum Gasteiger partial charge on any atom is -0.444 e. The Hall–Kier alpha value is -3.87. The molecule has 4 heterocycles. The first-order valence-electron chi connectivity index (χ1n) is 16.2. The van der Waals surface area contributed by atoms with Gasteiger partial charge in [0.25, 0.3) is 5.91 Å². The van der Waals surface area contributed by atoms with E-state index in [0.29, 0.717) is 94.2 Å². The number of morpholine rings is 1. The van der Waals surface area contributed by atoms with E-state index in [9.17, 15) is 14.9 Å². The lowest BCUT2D eigenvalue weighted by Gasteiger charge is -2.40. The third kappa shape index (κ3) is 8.35. The Kier molecular flexibility index (Phi) is 10.9. The van der Waals surface area contributed by atoms with Gasteiger partial charge in [0, 0.05) is 39.3 Å². The second kappa shape index (κ2) is 14.9. The summed E-state index contributed by atoms with van der Waals surface area (Å²) in [4.78, 5) is 40.6. The quantitative estimate of drug-likeness (QED) is 0.431. The van der Waals surface area contributed by atoms with Gasteiger partial charge in [-0.15, -0.1) is 0 Å². The van der Waals surface area contributed by atoms with Gasteiger partial charge in [0.1, 0.15) is 23.3 Å². The standard InChI is InChI=1S/C33H46N8O6/c1-21-24(20-34)8-7-9-25(21)22(2)35-29-26(31-45-18-19-46-31)27(36-23(3)37-29)28(30(42)38-41-14-16-44-17-15-41)39-10-12-40(13-11-39)32(43)47-33(4,5)6/h7-9,22,28,31H,10-19H2,1-6H3,(H,38,42)(H,35,36,37). The summed E-state index contributed by atoms with van der Waals surface area (Å²) in [5, 5.41) is 15.0. The van der Waals surface area contributed by atoms with Crippen molar-refractivity contribution in [1.29, 1.82) is 5.26 Å². The Bertz CT molecular complexity index is 1470. The molecule has 0 saturated carbocycles. The molecule has 1 aromatic heterocycles. The van der Waals surface area contributed by atoms with Crippen LogP contribution in [0, 0.1) is 25.2 Å². The van der Waals surface area contributed by atoms with Crippen molar-refractivity contribution < 1.29 is 28.5 Å². The topological polar surface area (TPSA) is 154 Å². The van der Waals surface area contributed by atoms with Gasteiger partial charge in [-0.2, -0.15) is 5.26 Å². The normalized spacial score (nSPS) is 19.6. The molecule has 3 fully saturated rings. The molecule has 2 N–H and O–H groups in total. The number of nitrogens with one attached hydrogen (secondary N) is 2. The van der Waals surface area contributed by atoms with E-state index in [0.717, 1.165) is 11.1 Å². The van der Waals surface area contributed by atoms with E-state index < -0.39 is 17.9 Å². The average Bonchev–Trinajstić information content (AvgIpc) is 3.56. The molecule has 3 saturated heterocycles. The molecule has 2 aromatic rings. The second-order valence-electron chi connectivity index (χ2n) is 13.0. The summed E-state index contributed by atoms with van der Waals surface area (Å²) in [6, 6.07) is 6.81. The monoisotopic (exact) mass is 650 g/mol. The van der Waals surface area contributed by atoms with Crippen LogP contribution in [0.5, 0.6) is 0 Å². The van der Waals surface area contributed by atoms with Gasteiger partial charge in [-0.1, -0.05) is 12.1 Å². The third-order valence-corrected chi connectivity index (χ3v) is 8.38. The number of hydrogen-bond acceptors (Lipinski definition) is 12. The maximum absolute atomic E-state index is 14.3. The van der Waals surface area contributed by atoms with Gasteiger partial charge in [-0.3, -0.25) is 15.1 Å². The van der Waals surface area contributed by atoms with Crippen LogP contribution in [0.25, 0.3) is 0 Å². The number of carbonyl (C=O) groups excluding carboxylic acids is 2. The fourth-order valence-corrected chi connectivity index (χ4v) is 6.05. The van der Waals surface area contributed by atoms with Crippen molar-refractivity contribution in [2.75, 3.05) is 71.0 Å². The van der Waals surface area contributed by atoms with Gasteiger partial charge in [-0.05, 0) is 58.7 Å². The minimum atomic E-state index is -0.845. The highest BCUT2D eigenvalue weighted by Crippen LogP contribution is 2.38. The Morgan fingerprint density at radius 3 is 2.34 bits per heavy atom. The molecule has 0 aliphatic carbocycles. The van der Waals surface area contributed by atoms with Crippen molar-refractivity contribution in [2.24, 2.45) is 0 Å². The van der Waals surface area contributed by atoms with Crippen molar-refractivity contribution in [3.63, 3.8) is 0 Å². The molecule has 0 radical (unpaired) electrons. The van der Waals surface area contributed by atoms with Crippen LogP contribution in [-0.2, 0) is 23.7 Å². The number of rotatable bonds is 8. The fraction of sp³-hybridized carbons (Fsp3) is 0.606. The summed E-state index contributed by atoms with van der Waals surface area (Å²) in [7, 11) is 0. The number of hydrazine groups is 1. The SMILES string of the molecule is Cc1nc(NC(C)c2cccc(C#N)c2C)c(C2OCCO2)c(C(C(=O)NN2CCOCC2)N2CCN(C(=O)OC(C)(C)C)CC2)n1. The minimum absolute atomic E-state index is 0.247. The number of hydrogen-bond donors (Lipinski definition) is 2. The fourth-order valence-electron chi connectivity index (χ4n) is 6.05. The first-order chi connectivity index (χ1) is 22.4. The largest absolute Gasteiger partial charge is 0.444 e. The van der Waals surface area contributed by atoms with Crippen LogP contribution in [0.3, 0.4) is 0 Å². The number of ether oxygens (including phenoxy) is 4. The summed E-state index contributed by atoms with van der Waals surface area (Å²) in [6.45, 7) is 15.7. The van der Waals surface area contributed by atoms with E-state index in [-0.39, 0.29) is 18.0 Å². The molecule has 5 rings (SSSR count). The molecule has 2 unspecified atom stereocenters. The first-order valence-corrected chi connectivity index (χ1v) is 16.2. The van der Waals surface area contributed by atoms with Crippen LogP contribution in [0.4, 0.5) is 10.6 Å². The number of benzene rings is 1. The zero-order chi connectivity index (χ0) is 33.7. The lowest BCUT2D eigenvalue weighted by atomic mass is 9.97. The van der Waals surface area contributed by atoms with Crippen LogP contribution in [-0.4, -0.2) is 108 Å². The average molecular weight is 651 g/mol. The maximum Gasteiger partial charge on any atom is 0.410 e. The number of anilines is 1. The lowest BCUT2D eigenvalue weighted by Crippen LogP contribution is -2.56. The molecule has 47 heavy (non-hydrogen) atoms. The van der Waals surface area contributed by atoms with Gasteiger partial charge in [0.15, 0.2) is 6.29 Å². The molecule has 14 nitrogen and oxygen atoms in total. The van der Waals surface area contributed by atoms with Crippen LogP contribution < -0.4 is 10.7 Å². The third-order valence-electron chi connectivity index (χ3n) is 8.38. The van der Waals surface area contributed by atoms with Crippen LogP contribution >= 0.6 is 0 Å². The number of nitriles is 1. The second-order valence-corrected chi connectivity index (χ2v) is 13.0. The molecule has 2 amide bonds. The zero-order valence-electron chi connectivity index (χ0n) is 28.2. The van der Waals surface area contributed by atoms with Crippen LogP contribution in [0.1, 0.15) is 79.8 Å². The van der Waals surface area contributed by atoms with E-state index >= 15 is 0 Å². The molecule has 0 bridgehead atoms. The van der Waals surface area contributed by atoms with Gasteiger partial charge in [0.05, 0.1) is 55.4 Å². The predicted octanol–water partition coefficient (Wildman–Crippen LogP) is 3.14. The molecule has 254 valence electrons. The van der Waals surface area contributed by atoms with E-state index in [2.05, 4.69) is 16.8 Å². The Morgan fingerprint density at radius 2 is 1.70 bits per heavy atom. The summed E-state index contributed by atoms with van der Waals surface area (Å²) in [5.74, 6) is 0.701. The number of nitrogens with zero attached hydrogens (tertiary/aromatic N) is 6. The van der Waals surface area contributed by atoms with E-state index in [1.54, 1.807) is 17.9 Å². The number of aromatic nitrogens is 2. The molecular formula is C33H46N8O6. The predicted molar refractivity (Wildman–Crippen MR) is 172 cm³/mol. The molecule has 2 atom stereocenters. The zero-order valence-corrected chi connectivity index (χ0v) is 28.2.